The molecule has 1 rings (SSSR count). The predicted molar refractivity (Wildman–Crippen MR) is 74.0 cm³/mol. The number of aromatic nitrogens is 2. The minimum absolute atomic E-state index is 0.213. The van der Waals surface area contributed by atoms with Crippen molar-refractivity contribution in [3.8, 4) is 0 Å². The highest BCUT2D eigenvalue weighted by Gasteiger charge is 2.14. The molecule has 1 aromatic rings. The summed E-state index contributed by atoms with van der Waals surface area (Å²) < 4.78 is 1.70. The summed E-state index contributed by atoms with van der Waals surface area (Å²) in [6.45, 7) is 6.92. The van der Waals surface area contributed by atoms with Gasteiger partial charge < -0.3 is 5.32 Å². The van der Waals surface area contributed by atoms with Gasteiger partial charge in [-0.05, 0) is 19.9 Å². The molecule has 0 unspecified atom stereocenters. The lowest BCUT2D eigenvalue weighted by Crippen LogP contribution is -2.24. The first-order chi connectivity index (χ1) is 8.41. The summed E-state index contributed by atoms with van der Waals surface area (Å²) in [5.41, 5.74) is 1.60. The number of aryl methyl sites for hydroxylation is 2. The van der Waals surface area contributed by atoms with Crippen LogP contribution in [0.3, 0.4) is 0 Å². The van der Waals surface area contributed by atoms with Crippen molar-refractivity contribution in [2.45, 2.75) is 46.1 Å². The fourth-order valence-corrected chi connectivity index (χ4v) is 2.05. The second-order valence-corrected chi connectivity index (χ2v) is 5.28. The molecular weight excluding hydrogens is 250 g/mol. The Morgan fingerprint density at radius 2 is 2.17 bits per heavy atom. The first-order valence-electron chi connectivity index (χ1n) is 6.35. The normalized spacial score (nSPS) is 11.2. The second-order valence-electron chi connectivity index (χ2n) is 4.90. The van der Waals surface area contributed by atoms with Crippen molar-refractivity contribution in [3.63, 3.8) is 0 Å². The Kier molecular flexibility index (Phi) is 5.82. The first-order valence-corrected chi connectivity index (χ1v) is 6.72. The first kappa shape index (κ1) is 15.2. The second kappa shape index (κ2) is 6.90. The molecule has 0 radical (unpaired) electrons. The van der Waals surface area contributed by atoms with Gasteiger partial charge in [0, 0.05) is 25.9 Å². The zero-order valence-corrected chi connectivity index (χ0v) is 12.3. The van der Waals surface area contributed by atoms with Crippen LogP contribution < -0.4 is 5.32 Å². The Morgan fingerprint density at radius 1 is 1.50 bits per heavy atom. The van der Waals surface area contributed by atoms with E-state index in [9.17, 15) is 4.79 Å². The van der Waals surface area contributed by atoms with Crippen LogP contribution in [0.5, 0.6) is 0 Å². The zero-order valence-electron chi connectivity index (χ0n) is 11.6. The molecule has 0 saturated carbocycles. The molecule has 0 bridgehead atoms. The van der Waals surface area contributed by atoms with E-state index in [0.717, 1.165) is 24.4 Å². The Morgan fingerprint density at radius 3 is 2.67 bits per heavy atom. The maximum absolute atomic E-state index is 11.8. The largest absolute Gasteiger partial charge is 0.315 e. The number of hydrogen-bond donors (Lipinski definition) is 1. The molecule has 0 saturated heterocycles. The highest BCUT2D eigenvalue weighted by Crippen LogP contribution is 2.20. The molecule has 0 amide bonds. The van der Waals surface area contributed by atoms with Crippen LogP contribution in [0.1, 0.15) is 38.1 Å². The number of nitrogens with zero attached hydrogens (tertiary/aromatic N) is 2. The van der Waals surface area contributed by atoms with Gasteiger partial charge in [0.25, 0.3) is 0 Å². The van der Waals surface area contributed by atoms with Gasteiger partial charge in [0.2, 0.25) is 0 Å². The van der Waals surface area contributed by atoms with Crippen molar-refractivity contribution in [2.24, 2.45) is 7.05 Å². The van der Waals surface area contributed by atoms with Gasteiger partial charge in [0.1, 0.15) is 5.78 Å². The van der Waals surface area contributed by atoms with E-state index in [2.05, 4.69) is 24.3 Å². The van der Waals surface area contributed by atoms with E-state index >= 15 is 0 Å². The van der Waals surface area contributed by atoms with Crippen LogP contribution >= 0.6 is 11.6 Å². The van der Waals surface area contributed by atoms with Crippen molar-refractivity contribution in [2.75, 3.05) is 6.54 Å². The van der Waals surface area contributed by atoms with Crippen molar-refractivity contribution >= 4 is 17.4 Å². The fraction of sp³-hybridized carbons (Fsp3) is 0.692. The standard InChI is InChI=1S/C13H22ClN3O/c1-9(2)15-7-5-6-11(18)8-12-13(14)10(3)16-17(12)4/h9,15H,5-8H2,1-4H3. The molecule has 0 spiro atoms. The third-order valence-electron chi connectivity index (χ3n) is 2.81. The van der Waals surface area contributed by atoms with Crippen molar-refractivity contribution in [1.29, 1.82) is 0 Å². The molecule has 0 atom stereocenters. The summed E-state index contributed by atoms with van der Waals surface area (Å²) >= 11 is 6.11. The van der Waals surface area contributed by atoms with Crippen LogP contribution in [-0.4, -0.2) is 28.2 Å². The SMILES string of the molecule is Cc1nn(C)c(CC(=O)CCCNC(C)C)c1Cl. The molecule has 0 fully saturated rings. The van der Waals surface area contributed by atoms with E-state index in [1.807, 2.05) is 14.0 Å². The highest BCUT2D eigenvalue weighted by atomic mass is 35.5. The summed E-state index contributed by atoms with van der Waals surface area (Å²) in [4.78, 5) is 11.8. The molecule has 1 heterocycles. The van der Waals surface area contributed by atoms with Gasteiger partial charge in [-0.15, -0.1) is 0 Å². The number of nitrogens with one attached hydrogen (secondary N) is 1. The molecule has 0 aliphatic heterocycles. The maximum atomic E-state index is 11.8. The van der Waals surface area contributed by atoms with Crippen LogP contribution in [0.2, 0.25) is 5.02 Å². The third-order valence-corrected chi connectivity index (χ3v) is 3.30. The summed E-state index contributed by atoms with van der Waals surface area (Å²) in [7, 11) is 1.82. The molecule has 18 heavy (non-hydrogen) atoms. The molecule has 0 aromatic carbocycles. The van der Waals surface area contributed by atoms with E-state index in [0.29, 0.717) is 23.9 Å². The summed E-state index contributed by atoms with van der Waals surface area (Å²) in [6.07, 6.45) is 1.82. The van der Waals surface area contributed by atoms with Gasteiger partial charge in [-0.3, -0.25) is 9.48 Å². The number of ketones is 1. The van der Waals surface area contributed by atoms with Crippen LogP contribution in [-0.2, 0) is 18.3 Å². The molecule has 0 aliphatic carbocycles. The Hall–Kier alpha value is -0.870. The van der Waals surface area contributed by atoms with E-state index in [-0.39, 0.29) is 5.78 Å². The lowest BCUT2D eigenvalue weighted by Gasteiger charge is -2.07. The number of carbonyl (C=O) groups excluding carboxylic acids is 1. The van der Waals surface area contributed by atoms with Crippen molar-refractivity contribution in [3.05, 3.63) is 16.4 Å². The monoisotopic (exact) mass is 271 g/mol. The highest BCUT2D eigenvalue weighted by molar-refractivity contribution is 6.32. The van der Waals surface area contributed by atoms with E-state index in [1.165, 1.54) is 0 Å². The minimum Gasteiger partial charge on any atom is -0.315 e. The molecule has 0 aliphatic rings. The van der Waals surface area contributed by atoms with E-state index < -0.39 is 0 Å². The summed E-state index contributed by atoms with van der Waals surface area (Å²) in [5, 5.41) is 8.12. The quantitative estimate of drug-likeness (QED) is 0.774. The Bertz CT molecular complexity index is 413. The Balaban J connectivity index is 2.40. The number of Topliss-reactive ketones (excluding diaryl/α,β-unsaturated/α-hetero) is 1. The van der Waals surface area contributed by atoms with Gasteiger partial charge in [-0.1, -0.05) is 25.4 Å². The zero-order chi connectivity index (χ0) is 13.7. The molecule has 5 heteroatoms. The molecule has 1 N–H and O–H groups in total. The van der Waals surface area contributed by atoms with Gasteiger partial charge in [-0.2, -0.15) is 5.10 Å². The van der Waals surface area contributed by atoms with Gasteiger partial charge in [-0.25, -0.2) is 0 Å². The summed E-state index contributed by atoms with van der Waals surface area (Å²) in [6, 6.07) is 0.467. The van der Waals surface area contributed by atoms with Crippen LogP contribution in [0.25, 0.3) is 0 Å². The van der Waals surface area contributed by atoms with E-state index in [1.54, 1.807) is 4.68 Å². The van der Waals surface area contributed by atoms with Crippen LogP contribution in [0, 0.1) is 6.92 Å². The summed E-state index contributed by atoms with van der Waals surface area (Å²) in [5.74, 6) is 0.213. The lowest BCUT2D eigenvalue weighted by molar-refractivity contribution is -0.118. The molecule has 102 valence electrons. The predicted octanol–water partition coefficient (Wildman–Crippen LogP) is 2.27. The average Bonchev–Trinajstić information content (AvgIpc) is 2.51. The number of rotatable bonds is 7. The number of halogens is 1. The number of carbonyl (C=O) groups is 1. The lowest BCUT2D eigenvalue weighted by atomic mass is 10.1. The van der Waals surface area contributed by atoms with Crippen molar-refractivity contribution in [1.82, 2.24) is 15.1 Å². The van der Waals surface area contributed by atoms with Gasteiger partial charge in [0.05, 0.1) is 16.4 Å². The van der Waals surface area contributed by atoms with Crippen LogP contribution in [0.15, 0.2) is 0 Å². The topological polar surface area (TPSA) is 46.9 Å². The van der Waals surface area contributed by atoms with Gasteiger partial charge in [0.15, 0.2) is 0 Å². The maximum Gasteiger partial charge on any atom is 0.138 e. The van der Waals surface area contributed by atoms with Crippen molar-refractivity contribution < 1.29 is 4.79 Å². The van der Waals surface area contributed by atoms with Gasteiger partial charge >= 0.3 is 0 Å². The molecule has 4 nitrogen and oxygen atoms in total. The third kappa shape index (κ3) is 4.42. The van der Waals surface area contributed by atoms with E-state index in [4.69, 9.17) is 11.6 Å². The Labute approximate surface area is 114 Å². The molecular formula is C13H22ClN3O. The molecule has 1 aromatic heterocycles. The smallest absolute Gasteiger partial charge is 0.138 e. The number of hydrogen-bond acceptors (Lipinski definition) is 3. The van der Waals surface area contributed by atoms with Crippen LogP contribution in [0.4, 0.5) is 0 Å². The minimum atomic E-state index is 0.213. The fourth-order valence-electron chi connectivity index (χ4n) is 1.82. The average molecular weight is 272 g/mol.